The molecule has 1 aromatic carbocycles. The summed E-state index contributed by atoms with van der Waals surface area (Å²) in [7, 11) is 1.62. The maximum Gasteiger partial charge on any atom is 0.224 e. The summed E-state index contributed by atoms with van der Waals surface area (Å²) in [5.74, 6) is 0.821. The minimum atomic E-state index is 0.0666. The molecule has 1 saturated heterocycles. The Morgan fingerprint density at radius 3 is 3.17 bits per heavy atom. The molecule has 2 N–H and O–H groups in total. The summed E-state index contributed by atoms with van der Waals surface area (Å²) in [6.45, 7) is 1.09. The highest BCUT2D eigenvalue weighted by Gasteiger charge is 2.15. The minimum absolute atomic E-state index is 0.0666. The minimum Gasteiger partial charge on any atom is -0.497 e. The average Bonchev–Trinajstić information content (AvgIpc) is 2.90. The first-order valence-electron chi connectivity index (χ1n) is 6.45. The Labute approximate surface area is 108 Å². The van der Waals surface area contributed by atoms with E-state index in [0.29, 0.717) is 12.5 Å². The van der Waals surface area contributed by atoms with E-state index in [0.717, 1.165) is 24.4 Å². The van der Waals surface area contributed by atoms with Crippen LogP contribution < -0.4 is 15.4 Å². The van der Waals surface area contributed by atoms with Crippen molar-refractivity contribution in [2.45, 2.75) is 31.7 Å². The van der Waals surface area contributed by atoms with Gasteiger partial charge in [0.05, 0.1) is 7.11 Å². The monoisotopic (exact) mass is 248 g/mol. The lowest BCUT2D eigenvalue weighted by atomic mass is 10.1. The third kappa shape index (κ3) is 3.74. The number of benzene rings is 1. The van der Waals surface area contributed by atoms with Crippen molar-refractivity contribution in [3.05, 3.63) is 24.3 Å². The number of anilines is 1. The molecule has 0 bridgehead atoms. The van der Waals surface area contributed by atoms with Crippen LogP contribution in [0.25, 0.3) is 0 Å². The number of carbonyl (C=O) groups excluding carboxylic acids is 1. The molecule has 18 heavy (non-hydrogen) atoms. The van der Waals surface area contributed by atoms with E-state index in [9.17, 15) is 4.79 Å². The van der Waals surface area contributed by atoms with E-state index in [-0.39, 0.29) is 5.91 Å². The van der Waals surface area contributed by atoms with Crippen LogP contribution in [0.1, 0.15) is 25.7 Å². The molecule has 1 atom stereocenters. The third-order valence-electron chi connectivity index (χ3n) is 3.24. The van der Waals surface area contributed by atoms with Crippen molar-refractivity contribution in [3.63, 3.8) is 0 Å². The second kappa shape index (κ2) is 6.40. The van der Waals surface area contributed by atoms with Gasteiger partial charge in [0.2, 0.25) is 5.91 Å². The van der Waals surface area contributed by atoms with E-state index in [2.05, 4.69) is 10.6 Å². The molecule has 1 aliphatic rings. The van der Waals surface area contributed by atoms with Crippen molar-refractivity contribution < 1.29 is 9.53 Å². The first kappa shape index (κ1) is 12.9. The van der Waals surface area contributed by atoms with Crippen molar-refractivity contribution in [3.8, 4) is 5.75 Å². The molecule has 0 aliphatic carbocycles. The lowest BCUT2D eigenvalue weighted by Gasteiger charge is -2.10. The highest BCUT2D eigenvalue weighted by Crippen LogP contribution is 2.17. The number of hydrogen-bond acceptors (Lipinski definition) is 3. The van der Waals surface area contributed by atoms with Gasteiger partial charge in [-0.1, -0.05) is 6.07 Å². The van der Waals surface area contributed by atoms with Gasteiger partial charge in [-0.25, -0.2) is 0 Å². The molecule has 1 aromatic rings. The molecule has 4 nitrogen and oxygen atoms in total. The second-order valence-corrected chi connectivity index (χ2v) is 4.61. The van der Waals surface area contributed by atoms with Crippen LogP contribution in [0, 0.1) is 0 Å². The predicted molar refractivity (Wildman–Crippen MR) is 71.9 cm³/mol. The maximum atomic E-state index is 11.8. The van der Waals surface area contributed by atoms with Crippen LogP contribution in [0.3, 0.4) is 0 Å². The zero-order valence-corrected chi connectivity index (χ0v) is 10.7. The molecule has 98 valence electrons. The van der Waals surface area contributed by atoms with E-state index < -0.39 is 0 Å². The first-order chi connectivity index (χ1) is 8.78. The Kier molecular flexibility index (Phi) is 4.59. The third-order valence-corrected chi connectivity index (χ3v) is 3.24. The van der Waals surface area contributed by atoms with Gasteiger partial charge in [-0.15, -0.1) is 0 Å². The number of carbonyl (C=O) groups is 1. The lowest BCUT2D eigenvalue weighted by molar-refractivity contribution is -0.116. The summed E-state index contributed by atoms with van der Waals surface area (Å²) in [5.41, 5.74) is 0.790. The van der Waals surface area contributed by atoms with Crippen LogP contribution in [0.5, 0.6) is 5.75 Å². The van der Waals surface area contributed by atoms with Gasteiger partial charge in [0, 0.05) is 24.2 Å². The molecule has 0 saturated carbocycles. The molecule has 1 aliphatic heterocycles. The molecule has 0 spiro atoms. The van der Waals surface area contributed by atoms with Gasteiger partial charge >= 0.3 is 0 Å². The van der Waals surface area contributed by atoms with Crippen LogP contribution in [-0.2, 0) is 4.79 Å². The summed E-state index contributed by atoms with van der Waals surface area (Å²) < 4.78 is 5.12. The van der Waals surface area contributed by atoms with E-state index in [1.807, 2.05) is 24.3 Å². The van der Waals surface area contributed by atoms with Gasteiger partial charge in [0.25, 0.3) is 0 Å². The second-order valence-electron chi connectivity index (χ2n) is 4.61. The van der Waals surface area contributed by atoms with Crippen LogP contribution in [0.2, 0.25) is 0 Å². The number of ether oxygens (including phenoxy) is 1. The highest BCUT2D eigenvalue weighted by molar-refractivity contribution is 5.90. The Balaban J connectivity index is 1.78. The average molecular weight is 248 g/mol. The van der Waals surface area contributed by atoms with Gasteiger partial charge in [0.15, 0.2) is 0 Å². The maximum absolute atomic E-state index is 11.8. The molecule has 1 amide bonds. The van der Waals surface area contributed by atoms with Crippen molar-refractivity contribution >= 4 is 11.6 Å². The molecule has 0 radical (unpaired) electrons. The first-order valence-corrected chi connectivity index (χ1v) is 6.45. The van der Waals surface area contributed by atoms with Crippen molar-refractivity contribution in [2.75, 3.05) is 19.0 Å². The lowest BCUT2D eigenvalue weighted by Crippen LogP contribution is -2.23. The normalized spacial score (nSPS) is 18.6. The van der Waals surface area contributed by atoms with Gasteiger partial charge in [-0.05, 0) is 37.9 Å². The van der Waals surface area contributed by atoms with Crippen LogP contribution in [0.15, 0.2) is 24.3 Å². The van der Waals surface area contributed by atoms with Crippen LogP contribution >= 0.6 is 0 Å². The van der Waals surface area contributed by atoms with Gasteiger partial charge < -0.3 is 15.4 Å². The van der Waals surface area contributed by atoms with Gasteiger partial charge in [-0.2, -0.15) is 0 Å². The SMILES string of the molecule is COc1cccc(NC(=O)CCC2CCCN2)c1. The number of methoxy groups -OCH3 is 1. The van der Waals surface area contributed by atoms with Crippen LogP contribution in [-0.4, -0.2) is 25.6 Å². The summed E-state index contributed by atoms with van der Waals surface area (Å²) >= 11 is 0. The quantitative estimate of drug-likeness (QED) is 0.839. The molecule has 1 fully saturated rings. The smallest absolute Gasteiger partial charge is 0.224 e. The highest BCUT2D eigenvalue weighted by atomic mass is 16.5. The molecular formula is C14H20N2O2. The van der Waals surface area contributed by atoms with Gasteiger partial charge in [-0.3, -0.25) is 4.79 Å². The Morgan fingerprint density at radius 2 is 2.44 bits per heavy atom. The van der Waals surface area contributed by atoms with E-state index in [4.69, 9.17) is 4.74 Å². The fourth-order valence-electron chi connectivity index (χ4n) is 2.23. The Hall–Kier alpha value is -1.55. The summed E-state index contributed by atoms with van der Waals surface area (Å²) in [6, 6.07) is 7.94. The van der Waals surface area contributed by atoms with Crippen LogP contribution in [0.4, 0.5) is 5.69 Å². The van der Waals surface area contributed by atoms with E-state index in [1.54, 1.807) is 7.11 Å². The predicted octanol–water partition coefficient (Wildman–Crippen LogP) is 2.17. The summed E-state index contributed by atoms with van der Waals surface area (Å²) in [5, 5.41) is 6.29. The number of hydrogen-bond donors (Lipinski definition) is 2. The number of nitrogens with one attached hydrogen (secondary N) is 2. The van der Waals surface area contributed by atoms with Crippen molar-refractivity contribution in [1.82, 2.24) is 5.32 Å². The summed E-state index contributed by atoms with van der Waals surface area (Å²) in [6.07, 6.45) is 3.89. The molecule has 0 aromatic heterocycles. The topological polar surface area (TPSA) is 50.4 Å². The molecular weight excluding hydrogens is 228 g/mol. The molecule has 1 unspecified atom stereocenters. The zero-order chi connectivity index (χ0) is 12.8. The standard InChI is InChI=1S/C14H20N2O2/c1-18-13-6-2-4-12(10-13)16-14(17)8-7-11-5-3-9-15-11/h2,4,6,10-11,15H,3,5,7-9H2,1H3,(H,16,17). The number of rotatable bonds is 5. The largest absolute Gasteiger partial charge is 0.497 e. The Bertz CT molecular complexity index is 401. The molecule has 1 heterocycles. The molecule has 2 rings (SSSR count). The zero-order valence-electron chi connectivity index (χ0n) is 10.7. The van der Waals surface area contributed by atoms with E-state index in [1.165, 1.54) is 12.8 Å². The number of amides is 1. The Morgan fingerprint density at radius 1 is 1.56 bits per heavy atom. The molecule has 4 heteroatoms. The fraction of sp³-hybridized carbons (Fsp3) is 0.500. The van der Waals surface area contributed by atoms with E-state index >= 15 is 0 Å². The fourth-order valence-corrected chi connectivity index (χ4v) is 2.23. The van der Waals surface area contributed by atoms with Crippen molar-refractivity contribution in [2.24, 2.45) is 0 Å². The summed E-state index contributed by atoms with van der Waals surface area (Å²) in [4.78, 5) is 11.8. The van der Waals surface area contributed by atoms with Crippen molar-refractivity contribution in [1.29, 1.82) is 0 Å². The van der Waals surface area contributed by atoms with Gasteiger partial charge in [0.1, 0.15) is 5.75 Å².